The van der Waals surface area contributed by atoms with Crippen molar-refractivity contribution in [3.8, 4) is 0 Å². The predicted molar refractivity (Wildman–Crippen MR) is 43.7 cm³/mol. The van der Waals surface area contributed by atoms with Gasteiger partial charge in [0.1, 0.15) is 5.76 Å². The van der Waals surface area contributed by atoms with E-state index in [1.165, 1.54) is 5.57 Å². The van der Waals surface area contributed by atoms with Crippen LogP contribution in [0.2, 0.25) is 0 Å². The summed E-state index contributed by atoms with van der Waals surface area (Å²) in [7, 11) is 0. The lowest BCUT2D eigenvalue weighted by atomic mass is 10.00. The first kappa shape index (κ1) is 6.77. The third-order valence-corrected chi connectivity index (χ3v) is 2.56. The van der Waals surface area contributed by atoms with E-state index in [4.69, 9.17) is 4.74 Å². The zero-order valence-electron chi connectivity index (χ0n) is 7.05. The lowest BCUT2D eigenvalue weighted by molar-refractivity contribution is 0.0544. The molecule has 2 rings (SSSR count). The fraction of sp³-hybridized carbons (Fsp3) is 0.556. The van der Waals surface area contributed by atoms with Crippen LogP contribution in [0.1, 0.15) is 20.3 Å². The molecule has 1 unspecified atom stereocenters. The molecule has 60 valence electrons. The standard InChI is InChI=1S/C9H13NO/c1-6-4-5-10-8(3)7(2)9(10)11-6/h8H,1,4-5H2,2-3H3. The van der Waals surface area contributed by atoms with Gasteiger partial charge in [0.2, 0.25) is 0 Å². The van der Waals surface area contributed by atoms with E-state index in [9.17, 15) is 0 Å². The minimum atomic E-state index is 0.582. The average Bonchev–Trinajstić information content (AvgIpc) is 2.03. The van der Waals surface area contributed by atoms with Crippen molar-refractivity contribution in [2.24, 2.45) is 0 Å². The summed E-state index contributed by atoms with van der Waals surface area (Å²) in [6, 6.07) is 0.582. The Kier molecular flexibility index (Phi) is 1.25. The fourth-order valence-electron chi connectivity index (χ4n) is 1.62. The van der Waals surface area contributed by atoms with Gasteiger partial charge in [0, 0.05) is 18.5 Å². The molecule has 0 aromatic carbocycles. The second-order valence-electron chi connectivity index (χ2n) is 3.25. The molecule has 2 nitrogen and oxygen atoms in total. The molecular formula is C9H13NO. The van der Waals surface area contributed by atoms with E-state index in [-0.39, 0.29) is 0 Å². The zero-order chi connectivity index (χ0) is 8.01. The quantitative estimate of drug-likeness (QED) is 0.524. The molecule has 0 radical (unpaired) electrons. The summed E-state index contributed by atoms with van der Waals surface area (Å²) in [5.74, 6) is 1.95. The smallest absolute Gasteiger partial charge is 0.196 e. The molecule has 11 heavy (non-hydrogen) atoms. The van der Waals surface area contributed by atoms with Gasteiger partial charge in [0.05, 0.1) is 6.04 Å². The molecule has 2 aliphatic rings. The van der Waals surface area contributed by atoms with E-state index in [0.717, 1.165) is 24.6 Å². The number of hydrogen-bond donors (Lipinski definition) is 0. The van der Waals surface area contributed by atoms with E-state index in [0.29, 0.717) is 6.04 Å². The van der Waals surface area contributed by atoms with E-state index >= 15 is 0 Å². The molecule has 0 aromatic heterocycles. The Morgan fingerprint density at radius 3 is 3.09 bits per heavy atom. The van der Waals surface area contributed by atoms with Gasteiger partial charge in [-0.2, -0.15) is 0 Å². The van der Waals surface area contributed by atoms with E-state index < -0.39 is 0 Å². The van der Waals surface area contributed by atoms with Crippen LogP contribution in [0.5, 0.6) is 0 Å². The maximum Gasteiger partial charge on any atom is 0.196 e. The van der Waals surface area contributed by atoms with Crippen molar-refractivity contribution >= 4 is 0 Å². The Morgan fingerprint density at radius 1 is 1.64 bits per heavy atom. The Bertz CT molecular complexity index is 242. The minimum absolute atomic E-state index is 0.582. The zero-order valence-corrected chi connectivity index (χ0v) is 7.05. The summed E-state index contributed by atoms with van der Waals surface area (Å²) in [6.45, 7) is 9.21. The van der Waals surface area contributed by atoms with Crippen molar-refractivity contribution in [2.45, 2.75) is 26.3 Å². The SMILES string of the molecule is C=C1CCN2C(=C(C)C2C)O1. The summed E-state index contributed by atoms with van der Waals surface area (Å²) in [5.41, 5.74) is 1.35. The predicted octanol–water partition coefficient (Wildman–Crippen LogP) is 1.86. The molecular weight excluding hydrogens is 138 g/mol. The van der Waals surface area contributed by atoms with Crippen LogP contribution in [-0.2, 0) is 4.74 Å². The maximum absolute atomic E-state index is 5.48. The van der Waals surface area contributed by atoms with E-state index in [1.54, 1.807) is 0 Å². The molecule has 2 heterocycles. The number of hydrogen-bond acceptors (Lipinski definition) is 2. The Morgan fingerprint density at radius 2 is 2.36 bits per heavy atom. The van der Waals surface area contributed by atoms with Gasteiger partial charge in [-0.25, -0.2) is 0 Å². The first-order chi connectivity index (χ1) is 5.20. The van der Waals surface area contributed by atoms with Crippen molar-refractivity contribution in [3.05, 3.63) is 23.8 Å². The Balaban J connectivity index is 2.23. The molecule has 0 aliphatic carbocycles. The second-order valence-corrected chi connectivity index (χ2v) is 3.25. The van der Waals surface area contributed by atoms with Crippen LogP contribution in [0.4, 0.5) is 0 Å². The molecule has 2 aliphatic heterocycles. The fourth-order valence-corrected chi connectivity index (χ4v) is 1.62. The van der Waals surface area contributed by atoms with Gasteiger partial charge in [-0.15, -0.1) is 0 Å². The molecule has 2 heteroatoms. The molecule has 0 bridgehead atoms. The van der Waals surface area contributed by atoms with E-state index in [2.05, 4.69) is 25.3 Å². The lowest BCUT2D eigenvalue weighted by Crippen LogP contribution is -2.47. The van der Waals surface area contributed by atoms with Crippen LogP contribution < -0.4 is 0 Å². The lowest BCUT2D eigenvalue weighted by Gasteiger charge is -2.46. The highest BCUT2D eigenvalue weighted by Crippen LogP contribution is 2.36. The van der Waals surface area contributed by atoms with Crippen LogP contribution in [-0.4, -0.2) is 17.5 Å². The van der Waals surface area contributed by atoms with Crippen molar-refractivity contribution in [1.82, 2.24) is 4.90 Å². The van der Waals surface area contributed by atoms with Gasteiger partial charge in [0.15, 0.2) is 5.88 Å². The van der Waals surface area contributed by atoms with Crippen molar-refractivity contribution in [3.63, 3.8) is 0 Å². The minimum Gasteiger partial charge on any atom is -0.446 e. The normalized spacial score (nSPS) is 29.5. The van der Waals surface area contributed by atoms with Gasteiger partial charge in [-0.05, 0) is 13.8 Å². The summed E-state index contributed by atoms with van der Waals surface area (Å²) >= 11 is 0. The first-order valence-corrected chi connectivity index (χ1v) is 4.03. The monoisotopic (exact) mass is 151 g/mol. The topological polar surface area (TPSA) is 12.5 Å². The summed E-state index contributed by atoms with van der Waals surface area (Å²) in [4.78, 5) is 2.28. The number of ether oxygens (including phenoxy) is 1. The largest absolute Gasteiger partial charge is 0.446 e. The number of nitrogens with zero attached hydrogens (tertiary/aromatic N) is 1. The summed E-state index contributed by atoms with van der Waals surface area (Å²) < 4.78 is 5.48. The highest BCUT2D eigenvalue weighted by Gasteiger charge is 2.35. The molecule has 1 fully saturated rings. The van der Waals surface area contributed by atoms with Crippen molar-refractivity contribution in [2.75, 3.05) is 6.54 Å². The molecule has 1 saturated heterocycles. The van der Waals surface area contributed by atoms with Gasteiger partial charge < -0.3 is 9.64 Å². The third kappa shape index (κ3) is 0.785. The first-order valence-electron chi connectivity index (χ1n) is 4.03. The molecule has 0 aromatic rings. The molecule has 0 spiro atoms. The Hall–Kier alpha value is -0.920. The number of rotatable bonds is 0. The maximum atomic E-state index is 5.48. The third-order valence-electron chi connectivity index (χ3n) is 2.56. The highest BCUT2D eigenvalue weighted by atomic mass is 16.5. The molecule has 0 saturated carbocycles. The van der Waals surface area contributed by atoms with Crippen LogP contribution in [0.25, 0.3) is 0 Å². The molecule has 0 N–H and O–H groups in total. The Labute approximate surface area is 67.1 Å². The number of fused-ring (bicyclic) bond motifs is 1. The van der Waals surface area contributed by atoms with E-state index in [1.807, 2.05) is 0 Å². The van der Waals surface area contributed by atoms with Gasteiger partial charge in [0.25, 0.3) is 0 Å². The van der Waals surface area contributed by atoms with Gasteiger partial charge in [-0.3, -0.25) is 0 Å². The van der Waals surface area contributed by atoms with Gasteiger partial charge >= 0.3 is 0 Å². The van der Waals surface area contributed by atoms with Crippen molar-refractivity contribution in [1.29, 1.82) is 0 Å². The highest BCUT2D eigenvalue weighted by molar-refractivity contribution is 5.26. The summed E-state index contributed by atoms with van der Waals surface area (Å²) in [6.07, 6.45) is 0.973. The van der Waals surface area contributed by atoms with Crippen LogP contribution in [0.3, 0.4) is 0 Å². The van der Waals surface area contributed by atoms with Crippen LogP contribution in [0.15, 0.2) is 23.8 Å². The van der Waals surface area contributed by atoms with Crippen LogP contribution >= 0.6 is 0 Å². The average molecular weight is 151 g/mol. The van der Waals surface area contributed by atoms with Crippen molar-refractivity contribution < 1.29 is 4.74 Å². The molecule has 1 atom stereocenters. The second kappa shape index (κ2) is 2.03. The molecule has 0 amide bonds. The van der Waals surface area contributed by atoms with Crippen LogP contribution in [0, 0.1) is 0 Å². The summed E-state index contributed by atoms with van der Waals surface area (Å²) in [5, 5.41) is 0. The van der Waals surface area contributed by atoms with Gasteiger partial charge in [-0.1, -0.05) is 6.58 Å².